The van der Waals surface area contributed by atoms with Crippen molar-refractivity contribution in [1.82, 2.24) is 4.90 Å². The summed E-state index contributed by atoms with van der Waals surface area (Å²) in [4.78, 5) is 14.7. The van der Waals surface area contributed by atoms with E-state index in [1.165, 1.54) is 22.3 Å². The van der Waals surface area contributed by atoms with Gasteiger partial charge in [0.15, 0.2) is 0 Å². The number of aryl methyl sites for hydroxylation is 2. The number of benzene rings is 2. The van der Waals surface area contributed by atoms with Crippen LogP contribution in [0.25, 0.3) is 0 Å². The molecule has 0 spiro atoms. The van der Waals surface area contributed by atoms with Gasteiger partial charge in [0.25, 0.3) is 0 Å². The molecule has 2 aromatic rings. The molecule has 0 bridgehead atoms. The van der Waals surface area contributed by atoms with Crippen molar-refractivity contribution in [2.24, 2.45) is 5.92 Å². The Hall–Kier alpha value is -2.09. The van der Waals surface area contributed by atoms with Crippen LogP contribution in [0.4, 0.5) is 0 Å². The molecule has 0 radical (unpaired) electrons. The van der Waals surface area contributed by atoms with Gasteiger partial charge in [0.05, 0.1) is 6.42 Å². The normalized spacial score (nSPS) is 15.5. The van der Waals surface area contributed by atoms with E-state index >= 15 is 0 Å². The summed E-state index contributed by atoms with van der Waals surface area (Å²) in [5.74, 6) is 0.985. The van der Waals surface area contributed by atoms with Crippen LogP contribution < -0.4 is 0 Å². The van der Waals surface area contributed by atoms with Gasteiger partial charge in [0, 0.05) is 13.1 Å². The van der Waals surface area contributed by atoms with Crippen LogP contribution >= 0.6 is 0 Å². The molecular weight excluding hydrogens is 294 g/mol. The first-order valence-corrected chi connectivity index (χ1v) is 8.99. The first-order chi connectivity index (χ1) is 11.6. The van der Waals surface area contributed by atoms with Crippen LogP contribution in [0.5, 0.6) is 0 Å². The van der Waals surface area contributed by atoms with Gasteiger partial charge in [-0.1, -0.05) is 54.1 Å². The number of likely N-dealkylation sites (tertiary alicyclic amines) is 1. The number of carbonyl (C=O) groups is 1. The Kier molecular flexibility index (Phi) is 5.34. The van der Waals surface area contributed by atoms with Crippen LogP contribution in [0.2, 0.25) is 0 Å². The molecule has 0 aromatic heterocycles. The lowest BCUT2D eigenvalue weighted by molar-refractivity contribution is -0.131. The number of hydrogen-bond donors (Lipinski definition) is 0. The number of rotatable bonds is 4. The zero-order valence-corrected chi connectivity index (χ0v) is 14.8. The molecule has 1 fully saturated rings. The van der Waals surface area contributed by atoms with Gasteiger partial charge >= 0.3 is 0 Å². The Balaban J connectivity index is 1.52. The van der Waals surface area contributed by atoms with Gasteiger partial charge in [-0.3, -0.25) is 4.79 Å². The van der Waals surface area contributed by atoms with Crippen molar-refractivity contribution in [3.63, 3.8) is 0 Å². The summed E-state index contributed by atoms with van der Waals surface area (Å²) >= 11 is 0. The van der Waals surface area contributed by atoms with E-state index in [1.54, 1.807) is 0 Å². The first-order valence-electron chi connectivity index (χ1n) is 8.99. The van der Waals surface area contributed by atoms with Crippen LogP contribution in [-0.4, -0.2) is 23.9 Å². The van der Waals surface area contributed by atoms with Crippen molar-refractivity contribution in [3.8, 4) is 0 Å². The van der Waals surface area contributed by atoms with E-state index in [0.29, 0.717) is 12.3 Å². The molecule has 0 atom stereocenters. The molecular formula is C22H27NO. The molecule has 3 rings (SSSR count). The van der Waals surface area contributed by atoms with Gasteiger partial charge in [-0.15, -0.1) is 0 Å². The molecule has 24 heavy (non-hydrogen) atoms. The van der Waals surface area contributed by atoms with Crippen LogP contribution in [0.15, 0.2) is 48.5 Å². The molecule has 1 aliphatic rings. The van der Waals surface area contributed by atoms with Crippen LogP contribution in [-0.2, 0) is 17.6 Å². The van der Waals surface area contributed by atoms with Crippen molar-refractivity contribution in [2.45, 2.75) is 39.5 Å². The molecule has 1 saturated heterocycles. The van der Waals surface area contributed by atoms with Crippen LogP contribution in [0, 0.1) is 19.8 Å². The second kappa shape index (κ2) is 7.65. The third-order valence-corrected chi connectivity index (χ3v) is 5.18. The molecule has 0 unspecified atom stereocenters. The summed E-state index contributed by atoms with van der Waals surface area (Å²) in [6.07, 6.45) is 3.91. The van der Waals surface area contributed by atoms with E-state index in [1.807, 2.05) is 0 Å². The molecule has 2 heteroatoms. The topological polar surface area (TPSA) is 20.3 Å². The zero-order valence-electron chi connectivity index (χ0n) is 14.8. The van der Waals surface area contributed by atoms with E-state index in [2.05, 4.69) is 67.3 Å². The number of nitrogens with zero attached hydrogens (tertiary/aromatic N) is 1. The average molecular weight is 321 g/mol. The highest BCUT2D eigenvalue weighted by Crippen LogP contribution is 2.22. The highest BCUT2D eigenvalue weighted by Gasteiger charge is 2.23. The summed E-state index contributed by atoms with van der Waals surface area (Å²) in [6, 6.07) is 17.1. The summed E-state index contributed by atoms with van der Waals surface area (Å²) in [5.41, 5.74) is 5.03. The molecule has 126 valence electrons. The molecule has 0 saturated carbocycles. The lowest BCUT2D eigenvalue weighted by Gasteiger charge is -2.32. The van der Waals surface area contributed by atoms with Crippen molar-refractivity contribution >= 4 is 5.91 Å². The molecule has 1 aliphatic heterocycles. The van der Waals surface area contributed by atoms with Crippen LogP contribution in [0.3, 0.4) is 0 Å². The number of hydrogen-bond acceptors (Lipinski definition) is 1. The largest absolute Gasteiger partial charge is 0.342 e. The second-order valence-electron chi connectivity index (χ2n) is 7.12. The van der Waals surface area contributed by atoms with Gasteiger partial charge in [0.2, 0.25) is 5.91 Å². The molecule has 2 aromatic carbocycles. The Morgan fingerprint density at radius 3 is 2.46 bits per heavy atom. The van der Waals surface area contributed by atoms with E-state index in [4.69, 9.17) is 0 Å². The summed E-state index contributed by atoms with van der Waals surface area (Å²) in [5, 5.41) is 0. The third kappa shape index (κ3) is 4.25. The van der Waals surface area contributed by atoms with Gasteiger partial charge in [-0.2, -0.15) is 0 Å². The minimum Gasteiger partial charge on any atom is -0.342 e. The van der Waals surface area contributed by atoms with Crippen molar-refractivity contribution in [1.29, 1.82) is 0 Å². The maximum Gasteiger partial charge on any atom is 0.226 e. The fraction of sp³-hybridized carbons (Fsp3) is 0.409. The highest BCUT2D eigenvalue weighted by atomic mass is 16.2. The predicted octanol–water partition coefficient (Wildman–Crippen LogP) is 4.33. The monoisotopic (exact) mass is 321 g/mol. The van der Waals surface area contributed by atoms with Crippen molar-refractivity contribution in [2.75, 3.05) is 13.1 Å². The SMILES string of the molecule is Cc1ccc(C)c(CC(=O)N2CCC(Cc3ccccc3)CC2)c1. The Labute approximate surface area is 145 Å². The van der Waals surface area contributed by atoms with E-state index in [-0.39, 0.29) is 5.91 Å². The lowest BCUT2D eigenvalue weighted by Crippen LogP contribution is -2.39. The van der Waals surface area contributed by atoms with Gasteiger partial charge in [-0.25, -0.2) is 0 Å². The standard InChI is InChI=1S/C22H27NO/c1-17-8-9-18(2)21(14-17)16-22(24)23-12-10-20(11-13-23)15-19-6-4-3-5-7-19/h3-9,14,20H,10-13,15-16H2,1-2H3. The average Bonchev–Trinajstić information content (AvgIpc) is 2.60. The van der Waals surface area contributed by atoms with Crippen molar-refractivity contribution < 1.29 is 4.79 Å². The van der Waals surface area contributed by atoms with E-state index < -0.39 is 0 Å². The molecule has 1 heterocycles. The quantitative estimate of drug-likeness (QED) is 0.821. The number of piperidine rings is 1. The molecule has 1 amide bonds. The Morgan fingerprint density at radius 1 is 1.04 bits per heavy atom. The maximum atomic E-state index is 12.6. The lowest BCUT2D eigenvalue weighted by atomic mass is 9.90. The van der Waals surface area contributed by atoms with Crippen LogP contribution in [0.1, 0.15) is 35.1 Å². The minimum atomic E-state index is 0.280. The van der Waals surface area contributed by atoms with Gasteiger partial charge in [0.1, 0.15) is 0 Å². The smallest absolute Gasteiger partial charge is 0.226 e. The zero-order chi connectivity index (χ0) is 16.9. The Morgan fingerprint density at radius 2 is 1.75 bits per heavy atom. The maximum absolute atomic E-state index is 12.6. The van der Waals surface area contributed by atoms with E-state index in [0.717, 1.165) is 32.4 Å². The summed E-state index contributed by atoms with van der Waals surface area (Å²) in [7, 11) is 0. The Bertz CT molecular complexity index is 684. The predicted molar refractivity (Wildman–Crippen MR) is 99.1 cm³/mol. The van der Waals surface area contributed by atoms with E-state index in [9.17, 15) is 4.79 Å². The fourth-order valence-electron chi connectivity index (χ4n) is 3.60. The molecule has 0 N–H and O–H groups in total. The van der Waals surface area contributed by atoms with Gasteiger partial charge in [-0.05, 0) is 55.7 Å². The summed E-state index contributed by atoms with van der Waals surface area (Å²) in [6.45, 7) is 5.99. The first kappa shape index (κ1) is 16.8. The second-order valence-corrected chi connectivity index (χ2v) is 7.12. The van der Waals surface area contributed by atoms with Gasteiger partial charge < -0.3 is 4.90 Å². The molecule has 0 aliphatic carbocycles. The fourth-order valence-corrected chi connectivity index (χ4v) is 3.60. The highest BCUT2D eigenvalue weighted by molar-refractivity contribution is 5.79. The third-order valence-electron chi connectivity index (χ3n) is 5.18. The molecule has 2 nitrogen and oxygen atoms in total. The number of amides is 1. The number of carbonyl (C=O) groups excluding carboxylic acids is 1. The summed E-state index contributed by atoms with van der Waals surface area (Å²) < 4.78 is 0. The van der Waals surface area contributed by atoms with Crippen molar-refractivity contribution in [3.05, 3.63) is 70.8 Å². The minimum absolute atomic E-state index is 0.280.